The quantitative estimate of drug-likeness (QED) is 0.0935. The molecular formula is C27H54O3Si. The van der Waals surface area contributed by atoms with Crippen molar-refractivity contribution in [3.05, 3.63) is 0 Å². The molecule has 0 amide bonds. The first-order valence-electron chi connectivity index (χ1n) is 14.1. The number of hydrogen-bond acceptors (Lipinski definition) is 3. The van der Waals surface area contributed by atoms with E-state index in [-0.39, 0.29) is 5.97 Å². The maximum atomic E-state index is 11.8. The van der Waals surface area contributed by atoms with Crippen LogP contribution in [0.5, 0.6) is 0 Å². The fourth-order valence-corrected chi connectivity index (χ4v) is 6.59. The summed E-state index contributed by atoms with van der Waals surface area (Å²) in [5, 5.41) is 0. The van der Waals surface area contributed by atoms with Crippen molar-refractivity contribution in [2.45, 2.75) is 154 Å². The minimum Gasteiger partial charge on any atom is -0.467 e. The van der Waals surface area contributed by atoms with Crippen LogP contribution in [0.25, 0.3) is 0 Å². The highest BCUT2D eigenvalue weighted by Crippen LogP contribution is 2.15. The molecule has 0 radical (unpaired) electrons. The van der Waals surface area contributed by atoms with E-state index >= 15 is 0 Å². The Bertz CT molecular complexity index is 383. The van der Waals surface area contributed by atoms with Crippen LogP contribution in [0.2, 0.25) is 6.04 Å². The van der Waals surface area contributed by atoms with Crippen molar-refractivity contribution >= 4 is 15.0 Å². The molecule has 0 bridgehead atoms. The van der Waals surface area contributed by atoms with Crippen molar-refractivity contribution in [2.24, 2.45) is 0 Å². The van der Waals surface area contributed by atoms with Gasteiger partial charge in [0, 0.05) is 13.0 Å². The van der Waals surface area contributed by atoms with E-state index < -0.39 is 9.04 Å². The first kappa shape index (κ1) is 28.7. The third-order valence-corrected chi connectivity index (χ3v) is 8.99. The molecule has 1 rings (SSSR count). The van der Waals surface area contributed by atoms with Gasteiger partial charge in [-0.2, -0.15) is 0 Å². The second kappa shape index (κ2) is 22.8. The molecule has 0 aliphatic carbocycles. The SMILES string of the molecule is CCCCCCCCCCCCCCCCCCCCCC(=O)OC[SiH]1CCCCO1. The molecule has 1 atom stereocenters. The van der Waals surface area contributed by atoms with Crippen LogP contribution in [-0.2, 0) is 14.0 Å². The van der Waals surface area contributed by atoms with Crippen molar-refractivity contribution in [3.8, 4) is 0 Å². The molecule has 0 spiro atoms. The summed E-state index contributed by atoms with van der Waals surface area (Å²) in [4.78, 5) is 11.8. The molecule has 1 aliphatic heterocycles. The van der Waals surface area contributed by atoms with Crippen LogP contribution < -0.4 is 0 Å². The van der Waals surface area contributed by atoms with Crippen LogP contribution in [0.1, 0.15) is 148 Å². The van der Waals surface area contributed by atoms with Crippen LogP contribution in [0.4, 0.5) is 0 Å². The van der Waals surface area contributed by atoms with Gasteiger partial charge in [-0.05, 0) is 18.9 Å². The Labute approximate surface area is 196 Å². The van der Waals surface area contributed by atoms with Gasteiger partial charge in [-0.15, -0.1) is 0 Å². The highest BCUT2D eigenvalue weighted by atomic mass is 28.3. The minimum atomic E-state index is -1.21. The fourth-order valence-electron chi connectivity index (χ4n) is 4.54. The van der Waals surface area contributed by atoms with Gasteiger partial charge in [0.1, 0.15) is 6.23 Å². The lowest BCUT2D eigenvalue weighted by atomic mass is 10.0. The standard InChI is InChI=1S/C27H54O3Si/c1-2-3-4-5-6-7-8-9-10-11-12-13-14-15-16-17-18-19-20-23-27(28)29-26-31-25-22-21-24-30-31/h31H,2-26H2,1H3. The average Bonchev–Trinajstić information content (AvgIpc) is 2.80. The molecule has 1 aliphatic rings. The van der Waals surface area contributed by atoms with Crippen LogP contribution in [-0.4, -0.2) is 27.8 Å². The largest absolute Gasteiger partial charge is 0.467 e. The van der Waals surface area contributed by atoms with Crippen molar-refractivity contribution in [2.75, 3.05) is 12.8 Å². The molecule has 184 valence electrons. The predicted molar refractivity (Wildman–Crippen MR) is 136 cm³/mol. The second-order valence-electron chi connectivity index (χ2n) is 9.79. The molecule has 0 aromatic carbocycles. The highest BCUT2D eigenvalue weighted by molar-refractivity contribution is 6.52. The molecule has 1 heterocycles. The van der Waals surface area contributed by atoms with Gasteiger partial charge in [-0.1, -0.05) is 129 Å². The summed E-state index contributed by atoms with van der Waals surface area (Å²) in [6.07, 6.45) is 29.8. The van der Waals surface area contributed by atoms with E-state index in [1.54, 1.807) is 0 Å². The first-order valence-corrected chi connectivity index (χ1v) is 16.2. The topological polar surface area (TPSA) is 35.5 Å². The van der Waals surface area contributed by atoms with Crippen molar-refractivity contribution < 1.29 is 14.0 Å². The Morgan fingerprint density at radius 2 is 1.13 bits per heavy atom. The molecule has 3 nitrogen and oxygen atoms in total. The van der Waals surface area contributed by atoms with Gasteiger partial charge >= 0.3 is 5.97 Å². The monoisotopic (exact) mass is 454 g/mol. The first-order chi connectivity index (χ1) is 15.3. The molecular weight excluding hydrogens is 400 g/mol. The van der Waals surface area contributed by atoms with Gasteiger partial charge in [-0.3, -0.25) is 4.79 Å². The van der Waals surface area contributed by atoms with Crippen molar-refractivity contribution in [1.82, 2.24) is 0 Å². The number of hydrogen-bond donors (Lipinski definition) is 0. The fraction of sp³-hybridized carbons (Fsp3) is 0.963. The normalized spacial score (nSPS) is 16.5. The third-order valence-electron chi connectivity index (χ3n) is 6.69. The Morgan fingerprint density at radius 3 is 1.55 bits per heavy atom. The van der Waals surface area contributed by atoms with Gasteiger partial charge in [0.05, 0.1) is 0 Å². The second-order valence-corrected chi connectivity index (χ2v) is 12.3. The average molecular weight is 455 g/mol. The van der Waals surface area contributed by atoms with E-state index in [0.29, 0.717) is 12.7 Å². The highest BCUT2D eigenvalue weighted by Gasteiger charge is 2.18. The molecule has 1 saturated heterocycles. The molecule has 0 aromatic rings. The summed E-state index contributed by atoms with van der Waals surface area (Å²) in [5.41, 5.74) is 0. The zero-order chi connectivity index (χ0) is 22.2. The maximum absolute atomic E-state index is 11.8. The Kier molecular flexibility index (Phi) is 21.1. The Morgan fingerprint density at radius 1 is 0.677 bits per heavy atom. The molecule has 1 fully saturated rings. The van der Waals surface area contributed by atoms with Crippen molar-refractivity contribution in [1.29, 1.82) is 0 Å². The van der Waals surface area contributed by atoms with E-state index in [1.165, 1.54) is 134 Å². The van der Waals surface area contributed by atoms with E-state index in [1.807, 2.05) is 0 Å². The number of ether oxygens (including phenoxy) is 1. The minimum absolute atomic E-state index is 0.00588. The Hall–Kier alpha value is -0.353. The van der Waals surface area contributed by atoms with Gasteiger partial charge in [0.2, 0.25) is 9.04 Å². The zero-order valence-corrected chi connectivity index (χ0v) is 22.1. The maximum Gasteiger partial charge on any atom is 0.305 e. The molecule has 0 aromatic heterocycles. The number of rotatable bonds is 22. The third kappa shape index (κ3) is 20.0. The number of carbonyl (C=O) groups excluding carboxylic acids is 1. The van der Waals surface area contributed by atoms with Crippen molar-refractivity contribution in [3.63, 3.8) is 0 Å². The molecule has 0 saturated carbocycles. The van der Waals surface area contributed by atoms with Crippen LogP contribution in [0, 0.1) is 0 Å². The predicted octanol–water partition coefficient (Wildman–Crippen LogP) is 8.42. The van der Waals surface area contributed by atoms with Crippen LogP contribution >= 0.6 is 0 Å². The van der Waals surface area contributed by atoms with Gasteiger partial charge < -0.3 is 9.16 Å². The van der Waals surface area contributed by atoms with Gasteiger partial charge in [0.15, 0.2) is 0 Å². The zero-order valence-electron chi connectivity index (χ0n) is 21.0. The summed E-state index contributed by atoms with van der Waals surface area (Å²) in [6.45, 7) is 3.17. The smallest absolute Gasteiger partial charge is 0.305 e. The van der Waals surface area contributed by atoms with Gasteiger partial charge in [-0.25, -0.2) is 0 Å². The van der Waals surface area contributed by atoms with Crippen LogP contribution in [0.15, 0.2) is 0 Å². The summed E-state index contributed by atoms with van der Waals surface area (Å²) in [6, 6.07) is 1.17. The lowest BCUT2D eigenvalue weighted by Crippen LogP contribution is -2.30. The molecule has 4 heteroatoms. The molecule has 31 heavy (non-hydrogen) atoms. The number of unbranched alkanes of at least 4 members (excludes halogenated alkanes) is 18. The molecule has 0 N–H and O–H groups in total. The number of carbonyl (C=O) groups is 1. The summed E-state index contributed by atoms with van der Waals surface area (Å²) >= 11 is 0. The van der Waals surface area contributed by atoms with E-state index in [9.17, 15) is 4.79 Å². The van der Waals surface area contributed by atoms with E-state index in [4.69, 9.17) is 9.16 Å². The van der Waals surface area contributed by atoms with E-state index in [0.717, 1.165) is 13.0 Å². The number of esters is 1. The summed E-state index contributed by atoms with van der Waals surface area (Å²) in [5.74, 6) is -0.00588. The summed E-state index contributed by atoms with van der Waals surface area (Å²) < 4.78 is 11.2. The van der Waals surface area contributed by atoms with Gasteiger partial charge in [0.25, 0.3) is 0 Å². The van der Waals surface area contributed by atoms with Crippen LogP contribution in [0.3, 0.4) is 0 Å². The molecule has 1 unspecified atom stereocenters. The Balaban J connectivity index is 1.69. The lowest BCUT2D eigenvalue weighted by molar-refractivity contribution is -0.142. The van der Waals surface area contributed by atoms with E-state index in [2.05, 4.69) is 6.92 Å². The summed E-state index contributed by atoms with van der Waals surface area (Å²) in [7, 11) is -1.21. The lowest BCUT2D eigenvalue weighted by Gasteiger charge is -2.20.